The molecule has 7 rings (SSSR count). The van der Waals surface area contributed by atoms with Crippen molar-refractivity contribution in [3.8, 4) is 5.75 Å². The molecule has 1 aliphatic heterocycles. The summed E-state index contributed by atoms with van der Waals surface area (Å²) in [6.45, 7) is 2.51. The van der Waals surface area contributed by atoms with Gasteiger partial charge in [0.25, 0.3) is 11.8 Å². The quantitative estimate of drug-likeness (QED) is 0.370. The van der Waals surface area contributed by atoms with Crippen LogP contribution in [0, 0.1) is 17.8 Å². The monoisotopic (exact) mass is 518 g/mol. The van der Waals surface area contributed by atoms with Crippen molar-refractivity contribution < 1.29 is 14.3 Å². The Morgan fingerprint density at radius 1 is 1.11 bits per heavy atom. The van der Waals surface area contributed by atoms with E-state index in [1.54, 1.807) is 24.3 Å². The summed E-state index contributed by atoms with van der Waals surface area (Å²) in [5.74, 6) is 2.65. The highest BCUT2D eigenvalue weighted by Crippen LogP contribution is 2.61. The first-order valence-electron chi connectivity index (χ1n) is 12.9. The van der Waals surface area contributed by atoms with E-state index in [1.807, 2.05) is 19.1 Å². The van der Waals surface area contributed by atoms with Gasteiger partial charge in [-0.05, 0) is 117 Å². The minimum atomic E-state index is -0.369. The van der Waals surface area contributed by atoms with Crippen LogP contribution in [0.4, 0.5) is 0 Å². The van der Waals surface area contributed by atoms with Crippen LogP contribution >= 0.6 is 24.0 Å². The number of thioether (sulfide) groups is 1. The van der Waals surface area contributed by atoms with Crippen LogP contribution in [0.2, 0.25) is 0 Å². The Labute approximate surface area is 221 Å². The summed E-state index contributed by atoms with van der Waals surface area (Å²) < 4.78 is 6.26. The van der Waals surface area contributed by atoms with Crippen molar-refractivity contribution in [2.24, 2.45) is 17.8 Å². The molecule has 0 unspecified atom stereocenters. The van der Waals surface area contributed by atoms with Crippen molar-refractivity contribution in [1.82, 2.24) is 10.4 Å². The number of hydrazine groups is 1. The van der Waals surface area contributed by atoms with Gasteiger partial charge < -0.3 is 4.74 Å². The zero-order valence-electron chi connectivity index (χ0n) is 20.4. The average Bonchev–Trinajstić information content (AvgIpc) is 3.12. The molecule has 4 bridgehead atoms. The lowest BCUT2D eigenvalue weighted by Crippen LogP contribution is -2.48. The van der Waals surface area contributed by atoms with Crippen molar-refractivity contribution >= 4 is 46.2 Å². The summed E-state index contributed by atoms with van der Waals surface area (Å²) in [7, 11) is 0. The van der Waals surface area contributed by atoms with Crippen LogP contribution in [-0.2, 0) is 10.2 Å². The summed E-state index contributed by atoms with van der Waals surface area (Å²) in [5, 5.41) is 1.17. The number of carbonyl (C=O) groups excluding carboxylic acids is 2. The van der Waals surface area contributed by atoms with Crippen molar-refractivity contribution in [2.45, 2.75) is 50.9 Å². The molecule has 1 saturated heterocycles. The van der Waals surface area contributed by atoms with Crippen LogP contribution in [0.5, 0.6) is 5.75 Å². The van der Waals surface area contributed by atoms with E-state index in [4.69, 9.17) is 17.0 Å². The molecule has 186 valence electrons. The first-order valence-corrected chi connectivity index (χ1v) is 14.1. The summed E-state index contributed by atoms with van der Waals surface area (Å²) in [4.78, 5) is 26.4. The first-order chi connectivity index (χ1) is 17.4. The normalized spacial score (nSPS) is 29.8. The third-order valence-corrected chi connectivity index (χ3v) is 9.59. The van der Waals surface area contributed by atoms with E-state index in [0.717, 1.165) is 29.1 Å². The van der Waals surface area contributed by atoms with E-state index in [2.05, 4.69) is 23.6 Å². The minimum Gasteiger partial charge on any atom is -0.493 e. The third-order valence-electron chi connectivity index (χ3n) is 8.29. The first kappa shape index (κ1) is 23.7. The minimum absolute atomic E-state index is 0.255. The molecule has 2 aromatic carbocycles. The van der Waals surface area contributed by atoms with E-state index >= 15 is 0 Å². The van der Waals surface area contributed by atoms with Gasteiger partial charge in [-0.2, -0.15) is 5.01 Å². The second-order valence-electron chi connectivity index (χ2n) is 10.7. The molecular formula is C29H30N2O3S2. The molecule has 0 atom stereocenters. The van der Waals surface area contributed by atoms with Gasteiger partial charge in [-0.15, -0.1) is 0 Å². The molecule has 0 spiro atoms. The predicted octanol–water partition coefficient (Wildman–Crippen LogP) is 6.10. The number of ether oxygens (including phenoxy) is 1. The smallest absolute Gasteiger partial charge is 0.285 e. The maximum atomic E-state index is 13.3. The fraction of sp³-hybridized carbons (Fsp3) is 0.414. The summed E-state index contributed by atoms with van der Waals surface area (Å²) >= 11 is 6.65. The van der Waals surface area contributed by atoms with Gasteiger partial charge in [0.1, 0.15) is 5.75 Å². The molecule has 1 heterocycles. The number of hydrogen-bond acceptors (Lipinski definition) is 5. The van der Waals surface area contributed by atoms with Crippen LogP contribution in [0.1, 0.15) is 66.9 Å². The summed E-state index contributed by atoms with van der Waals surface area (Å²) in [6.07, 6.45) is 9.92. The van der Waals surface area contributed by atoms with Crippen LogP contribution in [-0.4, -0.2) is 27.8 Å². The number of amides is 2. The highest BCUT2D eigenvalue weighted by molar-refractivity contribution is 8.26. The molecular weight excluding hydrogens is 488 g/mol. The van der Waals surface area contributed by atoms with E-state index in [1.165, 1.54) is 60.9 Å². The number of rotatable bonds is 6. The Hall–Kier alpha value is -2.64. The average molecular weight is 519 g/mol. The van der Waals surface area contributed by atoms with Gasteiger partial charge >= 0.3 is 0 Å². The molecule has 2 aromatic rings. The molecule has 7 heteroatoms. The lowest BCUT2D eigenvalue weighted by Gasteiger charge is -2.57. The van der Waals surface area contributed by atoms with Gasteiger partial charge in [-0.3, -0.25) is 15.0 Å². The fourth-order valence-corrected chi connectivity index (χ4v) is 8.37. The Morgan fingerprint density at radius 2 is 1.78 bits per heavy atom. The largest absolute Gasteiger partial charge is 0.493 e. The molecule has 1 N–H and O–H groups in total. The zero-order chi connectivity index (χ0) is 24.9. The molecule has 0 radical (unpaired) electrons. The Bertz CT molecular complexity index is 1220. The van der Waals surface area contributed by atoms with Crippen molar-refractivity contribution in [3.05, 3.63) is 70.1 Å². The van der Waals surface area contributed by atoms with E-state index in [9.17, 15) is 9.59 Å². The molecule has 36 heavy (non-hydrogen) atoms. The van der Waals surface area contributed by atoms with Gasteiger partial charge in [-0.1, -0.05) is 36.0 Å². The number of thiocarbonyl (C=S) groups is 1. The van der Waals surface area contributed by atoms with Crippen LogP contribution < -0.4 is 10.2 Å². The summed E-state index contributed by atoms with van der Waals surface area (Å²) in [5.41, 5.74) is 5.67. The number of benzene rings is 2. The van der Waals surface area contributed by atoms with Gasteiger partial charge in [0.05, 0.1) is 11.5 Å². The lowest BCUT2D eigenvalue weighted by atomic mass is 9.48. The van der Waals surface area contributed by atoms with Gasteiger partial charge in [0, 0.05) is 11.1 Å². The number of hydrogen-bond donors (Lipinski definition) is 1. The van der Waals surface area contributed by atoms with E-state index in [-0.39, 0.29) is 17.2 Å². The second-order valence-corrected chi connectivity index (χ2v) is 12.4. The number of carbonyl (C=O) groups is 2. The summed E-state index contributed by atoms with van der Waals surface area (Å²) in [6, 6.07) is 15.4. The topological polar surface area (TPSA) is 58.6 Å². The Morgan fingerprint density at radius 3 is 2.42 bits per heavy atom. The van der Waals surface area contributed by atoms with Crippen molar-refractivity contribution in [3.63, 3.8) is 0 Å². The highest BCUT2D eigenvalue weighted by Gasteiger charge is 2.51. The fourth-order valence-electron chi connectivity index (χ4n) is 7.20. The predicted molar refractivity (Wildman–Crippen MR) is 146 cm³/mol. The highest BCUT2D eigenvalue weighted by atomic mass is 32.2. The van der Waals surface area contributed by atoms with Crippen molar-refractivity contribution in [2.75, 3.05) is 6.61 Å². The van der Waals surface area contributed by atoms with Gasteiger partial charge in [0.2, 0.25) is 0 Å². The van der Waals surface area contributed by atoms with Crippen LogP contribution in [0.15, 0.2) is 53.4 Å². The maximum Gasteiger partial charge on any atom is 0.285 e. The van der Waals surface area contributed by atoms with Crippen molar-refractivity contribution in [1.29, 1.82) is 0 Å². The van der Waals surface area contributed by atoms with Crippen LogP contribution in [0.3, 0.4) is 0 Å². The van der Waals surface area contributed by atoms with E-state index in [0.29, 0.717) is 21.4 Å². The molecule has 4 saturated carbocycles. The molecule has 0 aromatic heterocycles. The Balaban J connectivity index is 1.29. The van der Waals surface area contributed by atoms with Gasteiger partial charge in [-0.25, -0.2) is 0 Å². The molecule has 4 aliphatic carbocycles. The SMILES string of the molecule is CCOc1ccc(C23CC4CC(CC(C4)C2)C3)cc1/C=C1/SC(=S)N(NC(=O)c2ccccc2)C1=O. The Kier molecular flexibility index (Phi) is 6.16. The number of nitrogens with zero attached hydrogens (tertiary/aromatic N) is 1. The van der Waals surface area contributed by atoms with E-state index < -0.39 is 0 Å². The molecule has 5 nitrogen and oxygen atoms in total. The molecule has 5 fully saturated rings. The second kappa shape index (κ2) is 9.34. The number of nitrogens with one attached hydrogen (secondary N) is 1. The lowest BCUT2D eigenvalue weighted by molar-refractivity contribution is -0.123. The zero-order valence-corrected chi connectivity index (χ0v) is 22.0. The van der Waals surface area contributed by atoms with Gasteiger partial charge in [0.15, 0.2) is 4.32 Å². The van der Waals surface area contributed by atoms with Crippen LogP contribution in [0.25, 0.3) is 6.08 Å². The maximum absolute atomic E-state index is 13.3. The standard InChI is InChI=1S/C29H30N2O3S2/c1-2-34-24-9-8-23(29-15-18-10-19(16-29)12-20(11-18)17-29)13-22(24)14-25-27(33)31(28(35)36-25)30-26(32)21-6-4-3-5-7-21/h3-9,13-14,18-20H,2,10-12,15-17H2,1H3,(H,30,32)/b25-14+. The molecule has 5 aliphatic rings. The molecule has 2 amide bonds. The third kappa shape index (κ3) is 4.26.